The molecule has 3 rings (SSSR count). The molecule has 0 spiro atoms. The molecule has 0 atom stereocenters. The van der Waals surface area contributed by atoms with E-state index >= 15 is 0 Å². The van der Waals surface area contributed by atoms with E-state index in [9.17, 15) is 13.2 Å². The van der Waals surface area contributed by atoms with Crippen molar-refractivity contribution in [2.45, 2.75) is 63.2 Å². The van der Waals surface area contributed by atoms with Crippen LogP contribution in [0.25, 0.3) is 0 Å². The number of nitrogens with zero attached hydrogens (tertiary/aromatic N) is 2. The number of likely N-dealkylation sites (tertiary alicyclic amines) is 1. The second-order valence-corrected chi connectivity index (χ2v) is 8.95. The van der Waals surface area contributed by atoms with Crippen LogP contribution < -0.4 is 10.6 Å². The molecule has 0 unspecified atom stereocenters. The van der Waals surface area contributed by atoms with Crippen molar-refractivity contribution in [1.29, 1.82) is 0 Å². The predicted octanol–water partition coefficient (Wildman–Crippen LogP) is 3.79. The number of aliphatic imine (C=N–C) groups is 1. The van der Waals surface area contributed by atoms with Gasteiger partial charge >= 0.3 is 6.18 Å². The Hall–Kier alpha value is -1.80. The number of piperidine rings is 1. The van der Waals surface area contributed by atoms with Crippen molar-refractivity contribution >= 4 is 5.96 Å². The molecule has 0 amide bonds. The van der Waals surface area contributed by atoms with Gasteiger partial charge in [-0.1, -0.05) is 18.2 Å². The van der Waals surface area contributed by atoms with Gasteiger partial charge in [-0.15, -0.1) is 0 Å². The maximum absolute atomic E-state index is 13.3. The van der Waals surface area contributed by atoms with Crippen molar-refractivity contribution in [3.05, 3.63) is 35.4 Å². The summed E-state index contributed by atoms with van der Waals surface area (Å²) in [5.41, 5.74) is -0.313. The highest BCUT2D eigenvalue weighted by molar-refractivity contribution is 5.80. The minimum absolute atomic E-state index is 0.348. The monoisotopic (exact) mass is 440 g/mol. The summed E-state index contributed by atoms with van der Waals surface area (Å²) in [4.78, 5) is 6.84. The Kier molecular flexibility index (Phi) is 7.86. The largest absolute Gasteiger partial charge is 0.416 e. The van der Waals surface area contributed by atoms with E-state index in [0.29, 0.717) is 56.2 Å². The van der Waals surface area contributed by atoms with Crippen molar-refractivity contribution in [2.24, 2.45) is 4.99 Å². The molecule has 0 aromatic heterocycles. The SMILES string of the molecule is CN=C(NCC1(c2cccc(C(F)(F)F)c2)CCOCC1)NC1CCN(C(C)C)CC1. The molecule has 31 heavy (non-hydrogen) atoms. The van der Waals surface area contributed by atoms with E-state index in [1.807, 2.05) is 0 Å². The second kappa shape index (κ2) is 10.2. The molecule has 0 radical (unpaired) electrons. The Morgan fingerprint density at radius 1 is 1.23 bits per heavy atom. The number of ether oxygens (including phenoxy) is 1. The lowest BCUT2D eigenvalue weighted by atomic mass is 9.73. The lowest BCUT2D eigenvalue weighted by Gasteiger charge is -2.39. The van der Waals surface area contributed by atoms with Crippen LogP contribution in [0.5, 0.6) is 0 Å². The minimum atomic E-state index is -4.35. The Morgan fingerprint density at radius 3 is 2.48 bits per heavy atom. The molecule has 2 heterocycles. The van der Waals surface area contributed by atoms with Gasteiger partial charge in [-0.2, -0.15) is 13.2 Å². The first kappa shape index (κ1) is 23.9. The normalized spacial score (nSPS) is 21.3. The fourth-order valence-electron chi connectivity index (χ4n) is 4.56. The van der Waals surface area contributed by atoms with E-state index in [1.165, 1.54) is 12.1 Å². The first-order chi connectivity index (χ1) is 14.7. The molecule has 2 saturated heterocycles. The highest BCUT2D eigenvalue weighted by atomic mass is 19.4. The van der Waals surface area contributed by atoms with E-state index in [-0.39, 0.29) is 0 Å². The highest BCUT2D eigenvalue weighted by Crippen LogP contribution is 2.37. The van der Waals surface area contributed by atoms with Crippen LogP contribution in [0.3, 0.4) is 0 Å². The number of benzene rings is 1. The predicted molar refractivity (Wildman–Crippen MR) is 117 cm³/mol. The van der Waals surface area contributed by atoms with Gasteiger partial charge in [-0.3, -0.25) is 4.99 Å². The summed E-state index contributed by atoms with van der Waals surface area (Å²) >= 11 is 0. The number of guanidine groups is 1. The third-order valence-electron chi connectivity index (χ3n) is 6.67. The Labute approximate surface area is 183 Å². The van der Waals surface area contributed by atoms with Gasteiger partial charge in [-0.05, 0) is 51.2 Å². The topological polar surface area (TPSA) is 48.9 Å². The van der Waals surface area contributed by atoms with E-state index < -0.39 is 17.2 Å². The van der Waals surface area contributed by atoms with Crippen LogP contribution in [0, 0.1) is 0 Å². The van der Waals surface area contributed by atoms with Crippen molar-refractivity contribution < 1.29 is 17.9 Å². The van der Waals surface area contributed by atoms with Crippen LogP contribution in [0.2, 0.25) is 0 Å². The molecule has 174 valence electrons. The van der Waals surface area contributed by atoms with Crippen LogP contribution in [0.1, 0.15) is 50.7 Å². The van der Waals surface area contributed by atoms with Crippen LogP contribution in [0.15, 0.2) is 29.3 Å². The number of alkyl halides is 3. The van der Waals surface area contributed by atoms with Gasteiger partial charge in [0.15, 0.2) is 5.96 Å². The van der Waals surface area contributed by atoms with Gasteiger partial charge in [0.2, 0.25) is 0 Å². The van der Waals surface area contributed by atoms with Crippen molar-refractivity contribution in [1.82, 2.24) is 15.5 Å². The number of halogens is 3. The molecular weight excluding hydrogens is 405 g/mol. The molecule has 1 aromatic rings. The first-order valence-corrected chi connectivity index (χ1v) is 11.2. The molecule has 0 aliphatic carbocycles. The molecular formula is C23H35F3N4O. The molecule has 2 aliphatic heterocycles. The lowest BCUT2D eigenvalue weighted by Crippen LogP contribution is -2.52. The Bertz CT molecular complexity index is 737. The molecule has 0 bridgehead atoms. The fraction of sp³-hybridized carbons (Fsp3) is 0.696. The van der Waals surface area contributed by atoms with Gasteiger partial charge in [0.25, 0.3) is 0 Å². The zero-order valence-electron chi connectivity index (χ0n) is 18.8. The molecule has 0 saturated carbocycles. The van der Waals surface area contributed by atoms with Crippen LogP contribution in [-0.2, 0) is 16.3 Å². The minimum Gasteiger partial charge on any atom is -0.381 e. The van der Waals surface area contributed by atoms with Gasteiger partial charge < -0.3 is 20.3 Å². The second-order valence-electron chi connectivity index (χ2n) is 8.95. The van der Waals surface area contributed by atoms with E-state index in [4.69, 9.17) is 4.74 Å². The molecule has 2 fully saturated rings. The number of rotatable bonds is 5. The van der Waals surface area contributed by atoms with Crippen LogP contribution in [0.4, 0.5) is 13.2 Å². The molecule has 1 aromatic carbocycles. The van der Waals surface area contributed by atoms with Gasteiger partial charge in [-0.25, -0.2) is 0 Å². The fourth-order valence-corrected chi connectivity index (χ4v) is 4.56. The first-order valence-electron chi connectivity index (χ1n) is 11.2. The standard InChI is InChI=1S/C23H35F3N4O/c1-17(2)30-11-7-20(8-12-30)29-21(27-3)28-16-22(9-13-31-14-10-22)18-5-4-6-19(15-18)23(24,25)26/h4-6,15,17,20H,7-14,16H2,1-3H3,(H2,27,28,29). The van der Waals surface area contributed by atoms with Crippen molar-refractivity contribution in [3.63, 3.8) is 0 Å². The van der Waals surface area contributed by atoms with E-state index in [0.717, 1.165) is 32.0 Å². The Morgan fingerprint density at radius 2 is 1.90 bits per heavy atom. The molecule has 5 nitrogen and oxygen atoms in total. The van der Waals surface area contributed by atoms with E-state index in [2.05, 4.69) is 34.4 Å². The number of hydrogen-bond donors (Lipinski definition) is 2. The number of hydrogen-bond acceptors (Lipinski definition) is 3. The van der Waals surface area contributed by atoms with Gasteiger partial charge in [0.1, 0.15) is 0 Å². The third kappa shape index (κ3) is 6.13. The molecule has 8 heteroatoms. The number of nitrogens with one attached hydrogen (secondary N) is 2. The summed E-state index contributed by atoms with van der Waals surface area (Å²) in [7, 11) is 1.74. The zero-order chi connectivity index (χ0) is 22.5. The van der Waals surface area contributed by atoms with Crippen LogP contribution in [-0.4, -0.2) is 62.8 Å². The third-order valence-corrected chi connectivity index (χ3v) is 6.67. The van der Waals surface area contributed by atoms with Gasteiger partial charge in [0, 0.05) is 57.4 Å². The smallest absolute Gasteiger partial charge is 0.381 e. The quantitative estimate of drug-likeness (QED) is 0.540. The zero-order valence-corrected chi connectivity index (χ0v) is 18.8. The summed E-state index contributed by atoms with van der Waals surface area (Å²) in [5.74, 6) is 0.709. The molecule has 2 aliphatic rings. The van der Waals surface area contributed by atoms with Crippen LogP contribution >= 0.6 is 0 Å². The summed E-state index contributed by atoms with van der Waals surface area (Å²) in [5, 5.41) is 6.92. The van der Waals surface area contributed by atoms with Crippen molar-refractivity contribution in [3.8, 4) is 0 Å². The van der Waals surface area contributed by atoms with Crippen molar-refractivity contribution in [2.75, 3.05) is 39.9 Å². The maximum Gasteiger partial charge on any atom is 0.416 e. The summed E-state index contributed by atoms with van der Waals surface area (Å²) in [6.45, 7) is 8.14. The Balaban J connectivity index is 1.67. The van der Waals surface area contributed by atoms with Gasteiger partial charge in [0.05, 0.1) is 5.56 Å². The molecule has 2 N–H and O–H groups in total. The highest BCUT2D eigenvalue weighted by Gasteiger charge is 2.37. The lowest BCUT2D eigenvalue weighted by molar-refractivity contribution is -0.137. The summed E-state index contributed by atoms with van der Waals surface area (Å²) in [6.07, 6.45) is -0.911. The average molecular weight is 441 g/mol. The van der Waals surface area contributed by atoms with E-state index in [1.54, 1.807) is 13.1 Å². The maximum atomic E-state index is 13.3. The summed E-state index contributed by atoms with van der Waals surface area (Å²) in [6, 6.07) is 6.64. The average Bonchev–Trinajstić information content (AvgIpc) is 2.77. The summed E-state index contributed by atoms with van der Waals surface area (Å²) < 4.78 is 45.4.